The molecule has 0 rings (SSSR count). The zero-order chi connectivity index (χ0) is 11.2. The maximum absolute atomic E-state index is 10.7. The summed E-state index contributed by atoms with van der Waals surface area (Å²) < 4.78 is 4.69. The van der Waals surface area contributed by atoms with Gasteiger partial charge in [0, 0.05) is 17.8 Å². The zero-order valence-corrected chi connectivity index (χ0v) is 8.36. The van der Waals surface area contributed by atoms with Crippen molar-refractivity contribution in [2.45, 2.75) is 32.3 Å². The van der Waals surface area contributed by atoms with Gasteiger partial charge < -0.3 is 9.84 Å². The second-order valence-electron chi connectivity index (χ2n) is 3.31. The lowest BCUT2D eigenvalue weighted by Crippen LogP contribution is -2.35. The minimum absolute atomic E-state index is 0.00745. The van der Waals surface area contributed by atoms with Gasteiger partial charge in [-0.15, -0.1) is 0 Å². The molecule has 0 aliphatic heterocycles. The van der Waals surface area contributed by atoms with Crippen molar-refractivity contribution in [1.29, 1.82) is 0 Å². The predicted molar refractivity (Wildman–Crippen MR) is 48.4 cm³/mol. The molecule has 0 amide bonds. The predicted octanol–water partition coefficient (Wildman–Crippen LogP) is 0.357. The van der Waals surface area contributed by atoms with Gasteiger partial charge in [0.2, 0.25) is 6.54 Å². The Morgan fingerprint density at radius 3 is 2.64 bits per heavy atom. The summed E-state index contributed by atoms with van der Waals surface area (Å²) in [6.07, 6.45) is 0.330. The van der Waals surface area contributed by atoms with Gasteiger partial charge in [0.25, 0.3) is 0 Å². The Labute approximate surface area is 82.0 Å². The number of nitro groups is 1. The lowest BCUT2D eigenvalue weighted by molar-refractivity contribution is -0.500. The smallest absolute Gasteiger partial charge is 0.305 e. The van der Waals surface area contributed by atoms with Crippen LogP contribution >= 0.6 is 0 Å². The van der Waals surface area contributed by atoms with E-state index in [0.29, 0.717) is 0 Å². The van der Waals surface area contributed by atoms with Crippen molar-refractivity contribution < 1.29 is 19.6 Å². The van der Waals surface area contributed by atoms with Crippen LogP contribution in [0.2, 0.25) is 0 Å². The molecule has 0 aromatic carbocycles. The van der Waals surface area contributed by atoms with Crippen LogP contribution < -0.4 is 0 Å². The molecule has 0 aromatic heterocycles. The summed E-state index contributed by atoms with van der Waals surface area (Å²) in [5, 5.41) is 19.5. The molecule has 0 heterocycles. The standard InChI is InChI=1S/C8H15NO5/c1-3-7(10)14-5-4-8(2,11)6-9(12)13/h11H,3-6H2,1-2H3. The molecular formula is C8H15NO5. The fourth-order valence-corrected chi connectivity index (χ4v) is 0.844. The van der Waals surface area contributed by atoms with Crippen LogP contribution in [-0.4, -0.2) is 34.8 Å². The molecule has 0 aliphatic carbocycles. The quantitative estimate of drug-likeness (QED) is 0.384. The molecule has 0 aromatic rings. The van der Waals surface area contributed by atoms with Crippen LogP contribution in [-0.2, 0) is 9.53 Å². The maximum Gasteiger partial charge on any atom is 0.305 e. The first-order valence-corrected chi connectivity index (χ1v) is 4.37. The van der Waals surface area contributed by atoms with Crippen molar-refractivity contribution >= 4 is 5.97 Å². The minimum Gasteiger partial charge on any atom is -0.466 e. The Morgan fingerprint density at radius 1 is 1.64 bits per heavy atom. The number of carbonyl (C=O) groups is 1. The highest BCUT2D eigenvalue weighted by molar-refractivity contribution is 5.68. The molecule has 1 unspecified atom stereocenters. The molecular weight excluding hydrogens is 190 g/mol. The topological polar surface area (TPSA) is 89.7 Å². The fraction of sp³-hybridized carbons (Fsp3) is 0.875. The molecule has 82 valence electrons. The third-order valence-electron chi connectivity index (χ3n) is 1.66. The van der Waals surface area contributed by atoms with E-state index in [1.807, 2.05) is 0 Å². The van der Waals surface area contributed by atoms with Gasteiger partial charge in [-0.05, 0) is 6.92 Å². The number of aliphatic hydroxyl groups is 1. The van der Waals surface area contributed by atoms with Crippen LogP contribution in [0.1, 0.15) is 26.7 Å². The van der Waals surface area contributed by atoms with Crippen LogP contribution in [0, 0.1) is 10.1 Å². The normalized spacial score (nSPS) is 14.5. The van der Waals surface area contributed by atoms with E-state index in [1.165, 1.54) is 6.92 Å². The van der Waals surface area contributed by atoms with Crippen molar-refractivity contribution in [3.8, 4) is 0 Å². The molecule has 1 atom stereocenters. The summed E-state index contributed by atoms with van der Waals surface area (Å²) in [4.78, 5) is 20.2. The average Bonchev–Trinajstić information content (AvgIpc) is 2.01. The molecule has 0 saturated heterocycles. The van der Waals surface area contributed by atoms with Crippen molar-refractivity contribution in [2.75, 3.05) is 13.2 Å². The number of carbonyl (C=O) groups excluding carboxylic acids is 1. The van der Waals surface area contributed by atoms with Gasteiger partial charge in [0.1, 0.15) is 5.60 Å². The van der Waals surface area contributed by atoms with Gasteiger partial charge in [-0.1, -0.05) is 6.92 Å². The molecule has 0 bridgehead atoms. The third kappa shape index (κ3) is 6.36. The molecule has 6 heteroatoms. The van der Waals surface area contributed by atoms with E-state index in [1.54, 1.807) is 6.92 Å². The van der Waals surface area contributed by atoms with Crippen molar-refractivity contribution in [2.24, 2.45) is 0 Å². The van der Waals surface area contributed by atoms with Gasteiger partial charge in [0.05, 0.1) is 6.61 Å². The Kier molecular flexibility index (Phi) is 5.07. The monoisotopic (exact) mass is 205 g/mol. The summed E-state index contributed by atoms with van der Waals surface area (Å²) in [5.74, 6) is -0.373. The van der Waals surface area contributed by atoms with Crippen LogP contribution in [0.15, 0.2) is 0 Å². The summed E-state index contributed by atoms with van der Waals surface area (Å²) in [6.45, 7) is 2.46. The third-order valence-corrected chi connectivity index (χ3v) is 1.66. The van der Waals surface area contributed by atoms with E-state index >= 15 is 0 Å². The zero-order valence-electron chi connectivity index (χ0n) is 8.36. The fourth-order valence-electron chi connectivity index (χ4n) is 0.844. The highest BCUT2D eigenvalue weighted by Gasteiger charge is 2.27. The van der Waals surface area contributed by atoms with Gasteiger partial charge in [-0.25, -0.2) is 0 Å². The number of ether oxygens (including phenoxy) is 1. The first-order chi connectivity index (χ1) is 6.37. The SMILES string of the molecule is CCC(=O)OCCC(C)(O)C[N+](=O)[O-]. The van der Waals surface area contributed by atoms with Crippen LogP contribution in [0.25, 0.3) is 0 Å². The Morgan fingerprint density at radius 2 is 2.21 bits per heavy atom. The maximum atomic E-state index is 10.7. The molecule has 0 spiro atoms. The lowest BCUT2D eigenvalue weighted by atomic mass is 10.0. The summed E-state index contributed by atoms with van der Waals surface area (Å²) in [6, 6.07) is 0. The van der Waals surface area contributed by atoms with E-state index in [9.17, 15) is 20.0 Å². The van der Waals surface area contributed by atoms with E-state index in [0.717, 1.165) is 0 Å². The minimum atomic E-state index is -1.42. The van der Waals surface area contributed by atoms with Crippen molar-refractivity contribution in [3.05, 3.63) is 10.1 Å². The van der Waals surface area contributed by atoms with Crippen LogP contribution in [0.4, 0.5) is 0 Å². The Balaban J connectivity index is 3.76. The van der Waals surface area contributed by atoms with Crippen molar-refractivity contribution in [3.63, 3.8) is 0 Å². The molecule has 6 nitrogen and oxygen atoms in total. The number of rotatable bonds is 6. The van der Waals surface area contributed by atoms with Gasteiger partial charge in [-0.3, -0.25) is 14.9 Å². The summed E-state index contributed by atoms with van der Waals surface area (Å²) >= 11 is 0. The molecule has 0 saturated carbocycles. The first-order valence-electron chi connectivity index (χ1n) is 4.37. The first kappa shape index (κ1) is 12.8. The van der Waals surface area contributed by atoms with Crippen LogP contribution in [0.3, 0.4) is 0 Å². The number of nitrogens with zero attached hydrogens (tertiary/aromatic N) is 1. The largest absolute Gasteiger partial charge is 0.466 e. The van der Waals surface area contributed by atoms with Crippen molar-refractivity contribution in [1.82, 2.24) is 0 Å². The Hall–Kier alpha value is -1.17. The highest BCUT2D eigenvalue weighted by Crippen LogP contribution is 2.09. The number of hydrogen-bond acceptors (Lipinski definition) is 5. The van der Waals surface area contributed by atoms with Gasteiger partial charge in [-0.2, -0.15) is 0 Å². The molecule has 14 heavy (non-hydrogen) atoms. The summed E-state index contributed by atoms with van der Waals surface area (Å²) in [7, 11) is 0. The van der Waals surface area contributed by atoms with Gasteiger partial charge in [0.15, 0.2) is 0 Å². The average molecular weight is 205 g/mol. The molecule has 0 radical (unpaired) electrons. The second-order valence-corrected chi connectivity index (χ2v) is 3.31. The molecule has 0 fully saturated rings. The molecule has 1 N–H and O–H groups in total. The molecule has 0 aliphatic rings. The van der Waals surface area contributed by atoms with E-state index in [2.05, 4.69) is 4.74 Å². The van der Waals surface area contributed by atoms with E-state index < -0.39 is 17.1 Å². The van der Waals surface area contributed by atoms with E-state index in [4.69, 9.17) is 0 Å². The number of esters is 1. The van der Waals surface area contributed by atoms with E-state index in [-0.39, 0.29) is 25.4 Å². The lowest BCUT2D eigenvalue weighted by Gasteiger charge is -2.17. The highest BCUT2D eigenvalue weighted by atomic mass is 16.6. The number of hydrogen-bond donors (Lipinski definition) is 1. The van der Waals surface area contributed by atoms with Gasteiger partial charge >= 0.3 is 5.97 Å². The second kappa shape index (κ2) is 5.54. The summed E-state index contributed by atoms with van der Waals surface area (Å²) in [5.41, 5.74) is -1.42. The Bertz CT molecular complexity index is 214. The van der Waals surface area contributed by atoms with Crippen LogP contribution in [0.5, 0.6) is 0 Å².